The van der Waals surface area contributed by atoms with Gasteiger partial charge in [0, 0.05) is 22.3 Å². The van der Waals surface area contributed by atoms with Crippen molar-refractivity contribution in [3.63, 3.8) is 0 Å². The average Bonchev–Trinajstić information content (AvgIpc) is 2.78. The lowest BCUT2D eigenvalue weighted by Crippen LogP contribution is -2.34. The zero-order valence-electron chi connectivity index (χ0n) is 17.9. The SMILES string of the molecule is COc1ccc(Cl)c(-c2ccc3c(=O)n(-c4cncc(C)c4OCC(F)(F)F)c(=O)[nH]c3c2)c1. The number of aromatic amines is 1. The molecule has 7 nitrogen and oxygen atoms in total. The molecular formula is C23H17ClF3N3O4. The predicted octanol–water partition coefficient (Wildman–Crippen LogP) is 4.65. The van der Waals surface area contributed by atoms with Crippen LogP contribution in [0.4, 0.5) is 13.2 Å². The number of fused-ring (bicyclic) bond motifs is 1. The maximum absolute atomic E-state index is 13.2. The van der Waals surface area contributed by atoms with Crippen LogP contribution in [0.2, 0.25) is 5.02 Å². The molecule has 0 aliphatic rings. The molecule has 2 heterocycles. The number of ether oxygens (including phenoxy) is 2. The summed E-state index contributed by atoms with van der Waals surface area (Å²) in [4.78, 5) is 32.6. The number of nitrogens with zero attached hydrogens (tertiary/aromatic N) is 2. The third-order valence-electron chi connectivity index (χ3n) is 5.06. The van der Waals surface area contributed by atoms with E-state index in [1.165, 1.54) is 26.3 Å². The van der Waals surface area contributed by atoms with Crippen LogP contribution in [-0.2, 0) is 0 Å². The highest BCUT2D eigenvalue weighted by atomic mass is 35.5. The average molecular weight is 492 g/mol. The molecule has 2 aromatic carbocycles. The van der Waals surface area contributed by atoms with Crippen LogP contribution in [0.25, 0.3) is 27.7 Å². The molecule has 2 aromatic heterocycles. The first-order valence-electron chi connectivity index (χ1n) is 9.86. The maximum Gasteiger partial charge on any atom is 0.422 e. The Morgan fingerprint density at radius 1 is 1.12 bits per heavy atom. The van der Waals surface area contributed by atoms with Gasteiger partial charge in [0.15, 0.2) is 6.61 Å². The number of aromatic nitrogens is 3. The van der Waals surface area contributed by atoms with E-state index in [9.17, 15) is 22.8 Å². The molecule has 0 amide bonds. The number of aryl methyl sites for hydroxylation is 1. The van der Waals surface area contributed by atoms with E-state index in [0.717, 1.165) is 6.20 Å². The number of H-pyrrole nitrogens is 1. The van der Waals surface area contributed by atoms with Crippen molar-refractivity contribution in [3.8, 4) is 28.3 Å². The van der Waals surface area contributed by atoms with E-state index in [-0.39, 0.29) is 27.9 Å². The van der Waals surface area contributed by atoms with Crippen LogP contribution in [0.1, 0.15) is 5.56 Å². The summed E-state index contributed by atoms with van der Waals surface area (Å²) in [6, 6.07) is 9.79. The molecule has 0 aliphatic carbocycles. The second-order valence-electron chi connectivity index (χ2n) is 7.39. The van der Waals surface area contributed by atoms with E-state index < -0.39 is 24.0 Å². The van der Waals surface area contributed by atoms with Gasteiger partial charge in [-0.2, -0.15) is 13.2 Å². The molecule has 0 spiro atoms. The number of hydrogen-bond acceptors (Lipinski definition) is 5. The summed E-state index contributed by atoms with van der Waals surface area (Å²) in [6.45, 7) is -0.123. The number of benzene rings is 2. The molecule has 0 aliphatic heterocycles. The Bertz CT molecular complexity index is 1510. The Morgan fingerprint density at radius 2 is 1.88 bits per heavy atom. The van der Waals surface area contributed by atoms with Crippen LogP contribution in [0.5, 0.6) is 11.5 Å². The van der Waals surface area contributed by atoms with Gasteiger partial charge in [-0.05, 0) is 42.8 Å². The van der Waals surface area contributed by atoms with Gasteiger partial charge in [-0.25, -0.2) is 9.36 Å². The van der Waals surface area contributed by atoms with E-state index in [1.54, 1.807) is 30.3 Å². The number of pyridine rings is 1. The number of rotatable bonds is 5. The molecule has 0 atom stereocenters. The summed E-state index contributed by atoms with van der Waals surface area (Å²) in [7, 11) is 1.51. The van der Waals surface area contributed by atoms with Crippen molar-refractivity contribution in [2.75, 3.05) is 13.7 Å². The molecule has 0 saturated carbocycles. The minimum absolute atomic E-state index is 0.130. The van der Waals surface area contributed by atoms with Crippen LogP contribution in [0.3, 0.4) is 0 Å². The van der Waals surface area contributed by atoms with Crippen molar-refractivity contribution in [3.05, 3.63) is 80.2 Å². The quantitative estimate of drug-likeness (QED) is 0.439. The van der Waals surface area contributed by atoms with Crippen LogP contribution in [-0.4, -0.2) is 34.4 Å². The highest BCUT2D eigenvalue weighted by Gasteiger charge is 2.29. The predicted molar refractivity (Wildman–Crippen MR) is 121 cm³/mol. The van der Waals surface area contributed by atoms with Crippen LogP contribution in [0.15, 0.2) is 58.4 Å². The number of alkyl halides is 3. The lowest BCUT2D eigenvalue weighted by molar-refractivity contribution is -0.153. The molecule has 176 valence electrons. The summed E-state index contributed by atoms with van der Waals surface area (Å²) in [5.74, 6) is 0.306. The summed E-state index contributed by atoms with van der Waals surface area (Å²) in [5.41, 5.74) is -0.106. The topological polar surface area (TPSA) is 86.2 Å². The normalized spacial score (nSPS) is 11.6. The van der Waals surface area contributed by atoms with E-state index in [0.29, 0.717) is 26.5 Å². The second-order valence-corrected chi connectivity index (χ2v) is 7.79. The van der Waals surface area contributed by atoms with Gasteiger partial charge in [0.2, 0.25) is 0 Å². The van der Waals surface area contributed by atoms with Crippen LogP contribution >= 0.6 is 11.6 Å². The number of nitrogens with one attached hydrogen (secondary N) is 1. The zero-order valence-corrected chi connectivity index (χ0v) is 18.6. The first-order valence-corrected chi connectivity index (χ1v) is 10.2. The summed E-state index contributed by atoms with van der Waals surface area (Å²) >= 11 is 6.31. The van der Waals surface area contributed by atoms with Crippen molar-refractivity contribution in [1.29, 1.82) is 0 Å². The van der Waals surface area contributed by atoms with Crippen molar-refractivity contribution >= 4 is 22.5 Å². The fourth-order valence-electron chi connectivity index (χ4n) is 3.50. The van der Waals surface area contributed by atoms with E-state index in [4.69, 9.17) is 21.1 Å². The number of halogens is 4. The first-order chi connectivity index (χ1) is 16.1. The van der Waals surface area contributed by atoms with Gasteiger partial charge < -0.3 is 14.5 Å². The molecule has 4 rings (SSSR count). The highest BCUT2D eigenvalue weighted by Crippen LogP contribution is 2.33. The third kappa shape index (κ3) is 4.49. The van der Waals surface area contributed by atoms with E-state index >= 15 is 0 Å². The molecule has 0 saturated heterocycles. The first kappa shape index (κ1) is 23.4. The molecule has 11 heteroatoms. The lowest BCUT2D eigenvalue weighted by Gasteiger charge is -2.16. The molecule has 0 fully saturated rings. The fourth-order valence-corrected chi connectivity index (χ4v) is 3.72. The van der Waals surface area contributed by atoms with E-state index in [2.05, 4.69) is 9.97 Å². The Kier molecular flexibility index (Phi) is 6.09. The van der Waals surface area contributed by atoms with Gasteiger partial charge in [-0.1, -0.05) is 17.7 Å². The molecule has 0 radical (unpaired) electrons. The smallest absolute Gasteiger partial charge is 0.422 e. The van der Waals surface area contributed by atoms with Gasteiger partial charge in [0.25, 0.3) is 5.56 Å². The molecule has 1 N–H and O–H groups in total. The Labute approximate surface area is 195 Å². The molecule has 0 unspecified atom stereocenters. The monoisotopic (exact) mass is 491 g/mol. The third-order valence-corrected chi connectivity index (χ3v) is 5.39. The van der Waals surface area contributed by atoms with Gasteiger partial charge in [-0.15, -0.1) is 0 Å². The fraction of sp³-hybridized carbons (Fsp3) is 0.174. The maximum atomic E-state index is 13.2. The minimum Gasteiger partial charge on any atom is -0.497 e. The summed E-state index contributed by atoms with van der Waals surface area (Å²) in [5, 5.41) is 0.568. The second kappa shape index (κ2) is 8.86. The standard InChI is InChI=1S/C23H17ClF3N3O4/c1-12-9-28-10-19(20(12)34-11-23(25,26)27)30-21(31)15-5-3-13(7-18(15)29-22(30)32)16-8-14(33-2)4-6-17(16)24/h3-10H,11H2,1-2H3,(H,29,32). The number of methoxy groups -OCH3 is 1. The lowest BCUT2D eigenvalue weighted by atomic mass is 10.0. The number of hydrogen-bond donors (Lipinski definition) is 1. The van der Waals surface area contributed by atoms with Crippen LogP contribution < -0.4 is 20.7 Å². The van der Waals surface area contributed by atoms with Crippen molar-refractivity contribution < 1.29 is 22.6 Å². The Morgan fingerprint density at radius 3 is 2.59 bits per heavy atom. The van der Waals surface area contributed by atoms with E-state index in [1.807, 2.05) is 0 Å². The van der Waals surface area contributed by atoms with Crippen molar-refractivity contribution in [1.82, 2.24) is 14.5 Å². The molecule has 0 bridgehead atoms. The van der Waals surface area contributed by atoms with Gasteiger partial charge in [0.1, 0.15) is 17.2 Å². The molecule has 34 heavy (non-hydrogen) atoms. The Hall–Kier alpha value is -3.79. The van der Waals surface area contributed by atoms with Crippen molar-refractivity contribution in [2.45, 2.75) is 13.1 Å². The summed E-state index contributed by atoms with van der Waals surface area (Å²) in [6.07, 6.45) is -2.23. The van der Waals surface area contributed by atoms with Crippen LogP contribution in [0, 0.1) is 6.92 Å². The summed E-state index contributed by atoms with van der Waals surface area (Å²) < 4.78 is 49.0. The molecule has 4 aromatic rings. The molecular weight excluding hydrogens is 475 g/mol. The Balaban J connectivity index is 1.87. The van der Waals surface area contributed by atoms with Gasteiger partial charge >= 0.3 is 11.9 Å². The van der Waals surface area contributed by atoms with Gasteiger partial charge in [0.05, 0.1) is 24.2 Å². The largest absolute Gasteiger partial charge is 0.497 e. The van der Waals surface area contributed by atoms with Crippen molar-refractivity contribution in [2.24, 2.45) is 0 Å². The zero-order chi connectivity index (χ0) is 24.6. The minimum atomic E-state index is -4.61. The highest BCUT2D eigenvalue weighted by molar-refractivity contribution is 6.33. The van der Waals surface area contributed by atoms with Gasteiger partial charge in [-0.3, -0.25) is 9.78 Å².